The number of carbonyl (C=O) groups excluding carboxylic acids is 1. The van der Waals surface area contributed by atoms with Crippen LogP contribution in [0, 0.1) is 0 Å². The first kappa shape index (κ1) is 21.1. The van der Waals surface area contributed by atoms with E-state index in [0.29, 0.717) is 22.2 Å². The summed E-state index contributed by atoms with van der Waals surface area (Å²) < 4.78 is 32.4. The Morgan fingerprint density at radius 2 is 1.76 bits per heavy atom. The van der Waals surface area contributed by atoms with Crippen molar-refractivity contribution >= 4 is 50.9 Å². The third kappa shape index (κ3) is 5.71. The first-order valence-corrected chi connectivity index (χ1v) is 10.7. The van der Waals surface area contributed by atoms with Gasteiger partial charge in [0.2, 0.25) is 15.9 Å². The Balaban J connectivity index is 1.58. The zero-order valence-electron chi connectivity index (χ0n) is 14.9. The topological polar surface area (TPSA) is 88.4 Å². The van der Waals surface area contributed by atoms with Crippen molar-refractivity contribution < 1.29 is 17.6 Å². The minimum absolute atomic E-state index is 0.0185. The molecular weight excluding hydrogens is 435 g/mol. The summed E-state index contributed by atoms with van der Waals surface area (Å²) in [6.07, 6.45) is 2.73. The number of amides is 1. The fraction of sp³-hybridized carbons (Fsp3) is 0.0500. The van der Waals surface area contributed by atoms with Gasteiger partial charge in [0.25, 0.3) is 0 Å². The summed E-state index contributed by atoms with van der Waals surface area (Å²) in [5.74, 6) is 0.380. The molecule has 1 aromatic heterocycles. The summed E-state index contributed by atoms with van der Waals surface area (Å²) in [5, 5.41) is 3.20. The highest BCUT2D eigenvalue weighted by molar-refractivity contribution is 7.89. The van der Waals surface area contributed by atoms with E-state index in [2.05, 4.69) is 10.0 Å². The van der Waals surface area contributed by atoms with E-state index in [1.165, 1.54) is 24.3 Å². The van der Waals surface area contributed by atoms with Crippen LogP contribution in [-0.2, 0) is 21.4 Å². The highest BCUT2D eigenvalue weighted by atomic mass is 35.5. The van der Waals surface area contributed by atoms with Gasteiger partial charge >= 0.3 is 0 Å². The van der Waals surface area contributed by atoms with Gasteiger partial charge in [-0.15, -0.1) is 0 Å². The SMILES string of the molecule is O=C(/C=C/c1ccc(CNS(=O)(=O)c2ccccc2)o1)Nc1cccc(Cl)c1Cl. The Bertz CT molecular complexity index is 1140. The molecule has 3 aromatic rings. The Morgan fingerprint density at radius 1 is 1.00 bits per heavy atom. The van der Waals surface area contributed by atoms with Gasteiger partial charge in [0, 0.05) is 6.08 Å². The number of benzene rings is 2. The minimum atomic E-state index is -3.63. The molecule has 2 aromatic carbocycles. The lowest BCUT2D eigenvalue weighted by Gasteiger charge is -2.05. The number of hydrogen-bond acceptors (Lipinski definition) is 4. The molecule has 0 atom stereocenters. The van der Waals surface area contributed by atoms with Gasteiger partial charge in [-0.1, -0.05) is 47.5 Å². The molecule has 29 heavy (non-hydrogen) atoms. The minimum Gasteiger partial charge on any atom is -0.460 e. The van der Waals surface area contributed by atoms with Gasteiger partial charge in [-0.2, -0.15) is 0 Å². The second-order valence-corrected chi connectivity index (χ2v) is 8.42. The van der Waals surface area contributed by atoms with Crippen molar-refractivity contribution in [3.63, 3.8) is 0 Å². The molecule has 0 fully saturated rings. The van der Waals surface area contributed by atoms with Crippen LogP contribution in [0.15, 0.2) is 76.1 Å². The first-order chi connectivity index (χ1) is 13.8. The van der Waals surface area contributed by atoms with Crippen LogP contribution in [0.5, 0.6) is 0 Å². The molecule has 0 aliphatic carbocycles. The maximum absolute atomic E-state index is 12.2. The average Bonchev–Trinajstić information content (AvgIpc) is 3.17. The molecule has 0 saturated heterocycles. The molecule has 9 heteroatoms. The highest BCUT2D eigenvalue weighted by Crippen LogP contribution is 2.29. The van der Waals surface area contributed by atoms with Gasteiger partial charge in [-0.25, -0.2) is 13.1 Å². The molecule has 0 unspecified atom stereocenters. The van der Waals surface area contributed by atoms with Crippen molar-refractivity contribution in [1.82, 2.24) is 4.72 Å². The largest absolute Gasteiger partial charge is 0.460 e. The number of furan rings is 1. The number of hydrogen-bond donors (Lipinski definition) is 2. The number of sulfonamides is 1. The number of carbonyl (C=O) groups is 1. The standard InChI is InChI=1S/C20H16Cl2N2O4S/c21-17-7-4-8-18(20(17)22)24-19(25)12-11-14-9-10-15(28-14)13-23-29(26,27)16-5-2-1-3-6-16/h1-12,23H,13H2,(H,24,25)/b12-11+. The summed E-state index contributed by atoms with van der Waals surface area (Å²) in [5.41, 5.74) is 0.393. The fourth-order valence-corrected chi connectivity index (χ4v) is 3.72. The molecule has 2 N–H and O–H groups in total. The van der Waals surface area contributed by atoms with Crippen LogP contribution in [0.25, 0.3) is 6.08 Å². The molecule has 0 saturated carbocycles. The second kappa shape index (κ2) is 9.28. The molecule has 0 spiro atoms. The van der Waals surface area contributed by atoms with E-state index >= 15 is 0 Å². The molecule has 1 amide bonds. The van der Waals surface area contributed by atoms with E-state index in [4.69, 9.17) is 27.6 Å². The molecule has 0 radical (unpaired) electrons. The summed E-state index contributed by atoms with van der Waals surface area (Å²) in [6, 6.07) is 16.2. The quantitative estimate of drug-likeness (QED) is 0.509. The van der Waals surface area contributed by atoms with E-state index in [-0.39, 0.29) is 16.5 Å². The Hall–Kier alpha value is -2.58. The van der Waals surface area contributed by atoms with Crippen molar-refractivity contribution in [3.8, 4) is 0 Å². The Morgan fingerprint density at radius 3 is 2.52 bits per heavy atom. The molecule has 6 nitrogen and oxygen atoms in total. The molecule has 1 heterocycles. The van der Waals surface area contributed by atoms with Crippen LogP contribution in [0.4, 0.5) is 5.69 Å². The van der Waals surface area contributed by atoms with Gasteiger partial charge in [-0.3, -0.25) is 4.79 Å². The molecule has 150 valence electrons. The van der Waals surface area contributed by atoms with Crippen LogP contribution in [0.1, 0.15) is 11.5 Å². The summed E-state index contributed by atoms with van der Waals surface area (Å²) in [4.78, 5) is 12.2. The van der Waals surface area contributed by atoms with Crippen LogP contribution < -0.4 is 10.0 Å². The summed E-state index contributed by atoms with van der Waals surface area (Å²) in [7, 11) is -3.63. The second-order valence-electron chi connectivity index (χ2n) is 5.87. The smallest absolute Gasteiger partial charge is 0.248 e. The molecular formula is C20H16Cl2N2O4S. The predicted octanol–water partition coefficient (Wildman–Crippen LogP) is 4.72. The van der Waals surface area contributed by atoms with E-state index in [0.717, 1.165) is 0 Å². The van der Waals surface area contributed by atoms with Crippen molar-refractivity contribution in [2.75, 3.05) is 5.32 Å². The van der Waals surface area contributed by atoms with Crippen molar-refractivity contribution in [1.29, 1.82) is 0 Å². The monoisotopic (exact) mass is 450 g/mol. The van der Waals surface area contributed by atoms with Gasteiger partial charge in [0.15, 0.2) is 0 Å². The van der Waals surface area contributed by atoms with Gasteiger partial charge in [0.1, 0.15) is 11.5 Å². The van der Waals surface area contributed by atoms with Crippen molar-refractivity contribution in [2.24, 2.45) is 0 Å². The van der Waals surface area contributed by atoms with Crippen molar-refractivity contribution in [3.05, 3.63) is 88.3 Å². The summed E-state index contributed by atoms with van der Waals surface area (Å²) in [6.45, 7) is -0.0185. The number of nitrogens with one attached hydrogen (secondary N) is 2. The number of rotatable bonds is 7. The van der Waals surface area contributed by atoms with Gasteiger partial charge < -0.3 is 9.73 Å². The molecule has 0 aliphatic rings. The zero-order chi connectivity index (χ0) is 20.9. The maximum Gasteiger partial charge on any atom is 0.248 e. The molecule has 0 bridgehead atoms. The van der Waals surface area contributed by atoms with Crippen molar-refractivity contribution in [2.45, 2.75) is 11.4 Å². The van der Waals surface area contributed by atoms with Crippen LogP contribution in [-0.4, -0.2) is 14.3 Å². The zero-order valence-corrected chi connectivity index (χ0v) is 17.3. The Kier molecular flexibility index (Phi) is 6.76. The van der Waals surface area contributed by atoms with Crippen LogP contribution >= 0.6 is 23.2 Å². The third-order valence-corrected chi connectivity index (χ3v) is 6.02. The lowest BCUT2D eigenvalue weighted by atomic mass is 10.3. The summed E-state index contributed by atoms with van der Waals surface area (Å²) >= 11 is 11.9. The fourth-order valence-electron chi connectivity index (χ4n) is 2.36. The Labute approximate surface area is 178 Å². The average molecular weight is 451 g/mol. The maximum atomic E-state index is 12.2. The highest BCUT2D eigenvalue weighted by Gasteiger charge is 2.14. The molecule has 0 aliphatic heterocycles. The van der Waals surface area contributed by atoms with E-state index in [9.17, 15) is 13.2 Å². The number of halogens is 2. The van der Waals surface area contributed by atoms with Gasteiger partial charge in [0.05, 0.1) is 27.2 Å². The van der Waals surface area contributed by atoms with Gasteiger partial charge in [-0.05, 0) is 42.5 Å². The van der Waals surface area contributed by atoms with E-state index < -0.39 is 15.9 Å². The number of anilines is 1. The first-order valence-electron chi connectivity index (χ1n) is 8.42. The lowest BCUT2D eigenvalue weighted by Crippen LogP contribution is -2.22. The van der Waals surface area contributed by atoms with E-state index in [1.807, 2.05) is 0 Å². The lowest BCUT2D eigenvalue weighted by molar-refractivity contribution is -0.111. The molecule has 3 rings (SSSR count). The van der Waals surface area contributed by atoms with Crippen LogP contribution in [0.3, 0.4) is 0 Å². The normalized spacial score (nSPS) is 11.7. The third-order valence-electron chi connectivity index (χ3n) is 3.78. The van der Waals surface area contributed by atoms with Crippen LogP contribution in [0.2, 0.25) is 10.0 Å². The van der Waals surface area contributed by atoms with E-state index in [1.54, 1.807) is 48.5 Å². The predicted molar refractivity (Wildman–Crippen MR) is 113 cm³/mol.